The van der Waals surface area contributed by atoms with Gasteiger partial charge in [0.1, 0.15) is 11.3 Å². The number of thiophene rings is 1. The van der Waals surface area contributed by atoms with Crippen molar-refractivity contribution in [3.05, 3.63) is 47.5 Å². The quantitative estimate of drug-likeness (QED) is 0.172. The average molecular weight is 720 g/mol. The lowest BCUT2D eigenvalue weighted by Gasteiger charge is -2.20. The van der Waals surface area contributed by atoms with E-state index in [9.17, 15) is 13.2 Å². The van der Waals surface area contributed by atoms with Crippen LogP contribution in [0.15, 0.2) is 46.0 Å². The average Bonchev–Trinajstić information content (AvgIpc) is 3.59. The van der Waals surface area contributed by atoms with Crippen LogP contribution in [0.1, 0.15) is 125 Å². The second kappa shape index (κ2) is 24.9. The highest BCUT2D eigenvalue weighted by atomic mass is 32.2. The Morgan fingerprint density at radius 2 is 1.45 bits per heavy atom. The predicted octanol–water partition coefficient (Wildman–Crippen LogP) is 11.0. The highest BCUT2D eigenvalue weighted by molar-refractivity contribution is 8.00. The number of carbonyl (C=O) groups is 1. The molecule has 1 aliphatic rings. The number of aromatic nitrogens is 2. The first-order valence-electron chi connectivity index (χ1n) is 13.9. The van der Waals surface area contributed by atoms with Crippen molar-refractivity contribution < 1.29 is 22.7 Å². The van der Waals surface area contributed by atoms with Gasteiger partial charge >= 0.3 is 5.97 Å². The number of thioether (sulfide) groups is 1. The van der Waals surface area contributed by atoms with Gasteiger partial charge in [-0.3, -0.25) is 4.79 Å². The first-order chi connectivity index (χ1) is 19.1. The van der Waals surface area contributed by atoms with E-state index >= 15 is 0 Å². The topological polar surface area (TPSA) is 107 Å². The molecule has 1 saturated carbocycles. The van der Waals surface area contributed by atoms with Gasteiger partial charge in [-0.05, 0) is 84.9 Å². The Bertz CT molecular complexity index is 1330. The van der Waals surface area contributed by atoms with E-state index in [4.69, 9.17) is 14.5 Å². The standard InChI is InChI=1S/C16H16N2OS2.C8H16O2.C6H13NO2S.6CH4/c1-11(2)19-16-14(10-21-15-8-5-9-20-15)17-12-6-3-4-7-13(12)18-16;1-6(2)7(9)10-8(3,4)5;1-5(2)7-10(8,9)6-3-4-6;;;;;;/h3-9,11H,10H2,1-2H3;6H,1-5H3;5-7H,3-4H2,1-2H3;6*1H4. The van der Waals surface area contributed by atoms with Gasteiger partial charge in [-0.15, -0.1) is 23.1 Å². The van der Waals surface area contributed by atoms with E-state index in [0.29, 0.717) is 5.88 Å². The molecule has 0 radical (unpaired) electrons. The van der Waals surface area contributed by atoms with Crippen LogP contribution in [0.5, 0.6) is 5.88 Å². The minimum absolute atomic E-state index is 0. The van der Waals surface area contributed by atoms with E-state index in [1.165, 1.54) is 4.21 Å². The highest BCUT2D eigenvalue weighted by Crippen LogP contribution is 2.30. The fourth-order valence-corrected chi connectivity index (χ4v) is 6.45. The molecule has 0 aliphatic heterocycles. The van der Waals surface area contributed by atoms with Gasteiger partial charge in [-0.2, -0.15) is 0 Å². The molecule has 47 heavy (non-hydrogen) atoms. The van der Waals surface area contributed by atoms with Crippen molar-refractivity contribution in [3.8, 4) is 5.88 Å². The lowest BCUT2D eigenvalue weighted by atomic mass is 10.1. The molecule has 276 valence electrons. The fourth-order valence-electron chi connectivity index (χ4n) is 3.14. The van der Waals surface area contributed by atoms with E-state index in [1.54, 1.807) is 23.1 Å². The van der Waals surface area contributed by atoms with Crippen LogP contribution < -0.4 is 9.46 Å². The van der Waals surface area contributed by atoms with E-state index in [-0.39, 0.29) is 79.4 Å². The molecule has 0 amide bonds. The number of nitrogens with one attached hydrogen (secondary N) is 1. The maximum absolute atomic E-state index is 11.1. The van der Waals surface area contributed by atoms with Crippen molar-refractivity contribution in [1.82, 2.24) is 14.7 Å². The molecule has 2 aromatic heterocycles. The van der Waals surface area contributed by atoms with Gasteiger partial charge < -0.3 is 9.47 Å². The maximum atomic E-state index is 11.1. The Hall–Kier alpha value is -2.21. The molecular formula is C36H69N3O5S3. The molecule has 1 aliphatic carbocycles. The zero-order valence-electron chi connectivity index (χ0n) is 25.6. The first-order valence-corrected chi connectivity index (χ1v) is 17.3. The van der Waals surface area contributed by atoms with Gasteiger partial charge in [-0.1, -0.05) is 76.6 Å². The molecule has 1 fully saturated rings. The van der Waals surface area contributed by atoms with Gasteiger partial charge in [0.2, 0.25) is 15.9 Å². The third-order valence-electron chi connectivity index (χ3n) is 5.04. The highest BCUT2D eigenvalue weighted by Gasteiger charge is 2.35. The Morgan fingerprint density at radius 3 is 1.83 bits per heavy atom. The van der Waals surface area contributed by atoms with Crippen LogP contribution in [0.25, 0.3) is 11.0 Å². The number of para-hydroxylation sites is 2. The van der Waals surface area contributed by atoms with Crippen molar-refractivity contribution in [2.24, 2.45) is 5.92 Å². The van der Waals surface area contributed by atoms with Crippen molar-refractivity contribution in [2.45, 2.75) is 153 Å². The Morgan fingerprint density at radius 1 is 0.915 bits per heavy atom. The van der Waals surface area contributed by atoms with Gasteiger partial charge in [-0.25, -0.2) is 23.1 Å². The summed E-state index contributed by atoms with van der Waals surface area (Å²) in [5.41, 5.74) is 2.34. The number of hydrogen-bond acceptors (Lipinski definition) is 9. The molecular weight excluding hydrogens is 651 g/mol. The zero-order valence-corrected chi connectivity index (χ0v) is 28.1. The van der Waals surface area contributed by atoms with Gasteiger partial charge in [0.25, 0.3) is 0 Å². The van der Waals surface area contributed by atoms with Crippen LogP contribution in [-0.4, -0.2) is 47.4 Å². The summed E-state index contributed by atoms with van der Waals surface area (Å²) in [5.74, 6) is 1.25. The molecule has 0 bridgehead atoms. The van der Waals surface area contributed by atoms with Crippen molar-refractivity contribution in [1.29, 1.82) is 0 Å². The van der Waals surface area contributed by atoms with Crippen molar-refractivity contribution in [2.75, 3.05) is 0 Å². The van der Waals surface area contributed by atoms with E-state index < -0.39 is 10.0 Å². The van der Waals surface area contributed by atoms with Gasteiger partial charge in [0.15, 0.2) is 0 Å². The molecule has 11 heteroatoms. The molecule has 4 rings (SSSR count). The molecule has 1 N–H and O–H groups in total. The van der Waals surface area contributed by atoms with E-state index in [2.05, 4.69) is 27.2 Å². The van der Waals surface area contributed by atoms with Crippen molar-refractivity contribution in [3.63, 3.8) is 0 Å². The monoisotopic (exact) mass is 719 g/mol. The molecule has 1 aromatic carbocycles. The second-order valence-corrected chi connectivity index (χ2v) is 15.8. The van der Waals surface area contributed by atoms with Crippen LogP contribution in [-0.2, 0) is 25.3 Å². The summed E-state index contributed by atoms with van der Waals surface area (Å²) in [6.45, 7) is 16.9. The summed E-state index contributed by atoms with van der Waals surface area (Å²) < 4.78 is 36.9. The minimum Gasteiger partial charge on any atom is -0.474 e. The third kappa shape index (κ3) is 21.4. The molecule has 8 nitrogen and oxygen atoms in total. The molecule has 0 spiro atoms. The predicted molar refractivity (Wildman–Crippen MR) is 210 cm³/mol. The van der Waals surface area contributed by atoms with Crippen molar-refractivity contribution >= 4 is 50.1 Å². The number of rotatable bonds is 9. The number of fused-ring (bicyclic) bond motifs is 1. The van der Waals surface area contributed by atoms with E-state index in [1.807, 2.05) is 86.6 Å². The number of hydrogen-bond donors (Lipinski definition) is 1. The smallest absolute Gasteiger partial charge is 0.308 e. The number of sulfonamides is 1. The summed E-state index contributed by atoms with van der Waals surface area (Å²) >= 11 is 3.51. The van der Waals surface area contributed by atoms with Crippen LogP contribution in [0.3, 0.4) is 0 Å². The Balaban J connectivity index is -0.000000196. The van der Waals surface area contributed by atoms with Crippen LogP contribution in [0.2, 0.25) is 0 Å². The lowest BCUT2D eigenvalue weighted by Crippen LogP contribution is -2.32. The SMILES string of the molecule is C.C.C.C.C.C.CC(C)C(=O)OC(C)(C)C.CC(C)NS(=O)(=O)C1CC1.CC(C)Oc1nc2ccccc2nc1CSc1cccs1. The molecule has 2 heterocycles. The zero-order chi connectivity index (χ0) is 30.8. The van der Waals surface area contributed by atoms with Gasteiger partial charge in [0.05, 0.1) is 32.5 Å². The van der Waals surface area contributed by atoms with Gasteiger partial charge in [0, 0.05) is 11.8 Å². The second-order valence-electron chi connectivity index (χ2n) is 11.6. The summed E-state index contributed by atoms with van der Waals surface area (Å²) in [6.07, 6.45) is 1.76. The van der Waals surface area contributed by atoms with E-state index in [0.717, 1.165) is 35.3 Å². The molecule has 0 unspecified atom stereocenters. The number of ether oxygens (including phenoxy) is 2. The number of nitrogens with zero attached hydrogens (tertiary/aromatic N) is 2. The minimum atomic E-state index is -2.94. The Kier molecular flexibility index (Phi) is 28.7. The Labute approximate surface area is 298 Å². The summed E-state index contributed by atoms with van der Waals surface area (Å²) in [6, 6.07) is 12.1. The summed E-state index contributed by atoms with van der Waals surface area (Å²) in [7, 11) is -2.94. The van der Waals surface area contributed by atoms with Crippen LogP contribution in [0.4, 0.5) is 0 Å². The van der Waals surface area contributed by atoms with Crippen LogP contribution in [0, 0.1) is 5.92 Å². The van der Waals surface area contributed by atoms with Crippen LogP contribution >= 0.6 is 23.1 Å². The maximum Gasteiger partial charge on any atom is 0.308 e. The molecule has 0 atom stereocenters. The number of carbonyl (C=O) groups excluding carboxylic acids is 1. The summed E-state index contributed by atoms with van der Waals surface area (Å²) in [4.78, 5) is 20.3. The normalized spacial score (nSPS) is 11.7. The number of esters is 1. The fraction of sp³-hybridized carbons (Fsp3) is 0.639. The summed E-state index contributed by atoms with van der Waals surface area (Å²) in [5, 5.41) is 2.00. The molecule has 3 aromatic rings. The number of benzene rings is 1. The molecule has 0 saturated heterocycles. The third-order valence-corrected chi connectivity index (χ3v) is 9.33. The lowest BCUT2D eigenvalue weighted by molar-refractivity contribution is -0.158. The first kappa shape index (κ1) is 54.2. The largest absolute Gasteiger partial charge is 0.474 e.